The first-order valence-electron chi connectivity index (χ1n) is 9.69. The molecule has 0 spiro atoms. The molecule has 1 aliphatic rings. The first-order valence-corrected chi connectivity index (χ1v) is 11.1. The summed E-state index contributed by atoms with van der Waals surface area (Å²) in [6.45, 7) is 6.00. The van der Waals surface area contributed by atoms with Crippen molar-refractivity contribution in [2.75, 3.05) is 31.9 Å². The Kier molecular flexibility index (Phi) is 6.33. The van der Waals surface area contributed by atoms with E-state index in [9.17, 15) is 4.79 Å². The number of halogens is 1. The first-order chi connectivity index (χ1) is 14.1. The van der Waals surface area contributed by atoms with Gasteiger partial charge in [0, 0.05) is 43.1 Å². The van der Waals surface area contributed by atoms with Crippen LogP contribution in [0.15, 0.2) is 53.6 Å². The molecule has 1 saturated heterocycles. The van der Waals surface area contributed by atoms with E-state index in [-0.39, 0.29) is 5.91 Å². The molecule has 1 aromatic heterocycles. The van der Waals surface area contributed by atoms with Gasteiger partial charge in [-0.05, 0) is 30.7 Å². The molecule has 0 aliphatic carbocycles. The van der Waals surface area contributed by atoms with Crippen molar-refractivity contribution in [1.82, 2.24) is 19.8 Å². The van der Waals surface area contributed by atoms with E-state index in [0.29, 0.717) is 5.75 Å². The smallest absolute Gasteiger partial charge is 0.233 e. The lowest BCUT2D eigenvalue weighted by molar-refractivity contribution is -0.130. The Balaban J connectivity index is 1.31. The van der Waals surface area contributed by atoms with Gasteiger partial charge < -0.3 is 4.90 Å². The van der Waals surface area contributed by atoms with E-state index in [1.165, 1.54) is 17.3 Å². The molecule has 0 N–H and O–H groups in total. The van der Waals surface area contributed by atoms with Gasteiger partial charge in [0.05, 0.1) is 11.3 Å². The number of hydrogen-bond donors (Lipinski definition) is 0. The van der Waals surface area contributed by atoms with Crippen LogP contribution in [-0.2, 0) is 11.3 Å². The van der Waals surface area contributed by atoms with E-state index < -0.39 is 0 Å². The molecule has 0 unspecified atom stereocenters. The molecule has 150 valence electrons. The van der Waals surface area contributed by atoms with Gasteiger partial charge in [0.15, 0.2) is 0 Å². The van der Waals surface area contributed by atoms with Gasteiger partial charge in [-0.1, -0.05) is 53.7 Å². The zero-order valence-corrected chi connectivity index (χ0v) is 17.9. The van der Waals surface area contributed by atoms with Gasteiger partial charge >= 0.3 is 0 Å². The van der Waals surface area contributed by atoms with Crippen molar-refractivity contribution >= 4 is 40.2 Å². The molecule has 5 nitrogen and oxygen atoms in total. The van der Waals surface area contributed by atoms with Gasteiger partial charge in [0.1, 0.15) is 10.9 Å². The summed E-state index contributed by atoms with van der Waals surface area (Å²) in [5, 5.41) is 2.64. The Labute approximate surface area is 180 Å². The fraction of sp³-hybridized carbons (Fsp3) is 0.318. The summed E-state index contributed by atoms with van der Waals surface area (Å²) in [6, 6.07) is 15.9. The zero-order chi connectivity index (χ0) is 20.2. The number of benzene rings is 2. The van der Waals surface area contributed by atoms with Gasteiger partial charge in [0.2, 0.25) is 5.91 Å². The van der Waals surface area contributed by atoms with Gasteiger partial charge in [-0.2, -0.15) is 0 Å². The predicted molar refractivity (Wildman–Crippen MR) is 118 cm³/mol. The number of piperazine rings is 1. The third kappa shape index (κ3) is 5.07. The SMILES string of the molecule is Cc1nc(SCC(=O)N2CCN(Cc3cccc(Cl)c3)CC2)c2ccccc2n1. The quantitative estimate of drug-likeness (QED) is 0.455. The highest BCUT2D eigenvalue weighted by molar-refractivity contribution is 8.00. The first kappa shape index (κ1) is 20.1. The number of aryl methyl sites for hydroxylation is 1. The molecule has 2 aromatic carbocycles. The third-order valence-electron chi connectivity index (χ3n) is 5.03. The fourth-order valence-electron chi connectivity index (χ4n) is 3.54. The molecule has 3 aromatic rings. The Hall–Kier alpha value is -2.15. The number of amides is 1. The highest BCUT2D eigenvalue weighted by Gasteiger charge is 2.21. The largest absolute Gasteiger partial charge is 0.339 e. The van der Waals surface area contributed by atoms with Crippen LogP contribution in [0.1, 0.15) is 11.4 Å². The van der Waals surface area contributed by atoms with Crippen LogP contribution < -0.4 is 0 Å². The summed E-state index contributed by atoms with van der Waals surface area (Å²) in [4.78, 5) is 26.1. The molecule has 1 amide bonds. The Bertz CT molecular complexity index is 1020. The number of rotatable bonds is 5. The predicted octanol–water partition coefficient (Wildman–Crippen LogP) is 4.03. The van der Waals surface area contributed by atoms with Crippen molar-refractivity contribution in [3.63, 3.8) is 0 Å². The topological polar surface area (TPSA) is 49.3 Å². The second-order valence-corrected chi connectivity index (χ2v) is 8.57. The van der Waals surface area contributed by atoms with Crippen LogP contribution in [0, 0.1) is 6.92 Å². The summed E-state index contributed by atoms with van der Waals surface area (Å²) in [6.07, 6.45) is 0. The molecule has 1 aliphatic heterocycles. The summed E-state index contributed by atoms with van der Waals surface area (Å²) in [7, 11) is 0. The number of nitrogens with zero attached hydrogens (tertiary/aromatic N) is 4. The molecule has 1 fully saturated rings. The molecule has 2 heterocycles. The van der Waals surface area contributed by atoms with Crippen LogP contribution >= 0.6 is 23.4 Å². The van der Waals surface area contributed by atoms with Crippen molar-refractivity contribution in [2.24, 2.45) is 0 Å². The number of carbonyl (C=O) groups excluding carboxylic acids is 1. The van der Waals surface area contributed by atoms with Crippen LogP contribution in [0.4, 0.5) is 0 Å². The van der Waals surface area contributed by atoms with Crippen molar-refractivity contribution < 1.29 is 4.79 Å². The van der Waals surface area contributed by atoms with E-state index in [2.05, 4.69) is 20.9 Å². The van der Waals surface area contributed by atoms with E-state index in [1.807, 2.05) is 54.3 Å². The van der Waals surface area contributed by atoms with Gasteiger partial charge in [-0.3, -0.25) is 9.69 Å². The molecule has 0 atom stereocenters. The third-order valence-corrected chi connectivity index (χ3v) is 6.24. The van der Waals surface area contributed by atoms with E-state index in [1.54, 1.807) is 0 Å². The highest BCUT2D eigenvalue weighted by Crippen LogP contribution is 2.25. The minimum atomic E-state index is 0.165. The van der Waals surface area contributed by atoms with Gasteiger partial charge in [0.25, 0.3) is 0 Å². The maximum atomic E-state index is 12.7. The van der Waals surface area contributed by atoms with Gasteiger partial charge in [-0.25, -0.2) is 9.97 Å². The number of para-hydroxylation sites is 1. The highest BCUT2D eigenvalue weighted by atomic mass is 35.5. The Morgan fingerprint density at radius 3 is 2.66 bits per heavy atom. The Morgan fingerprint density at radius 1 is 1.07 bits per heavy atom. The number of thioether (sulfide) groups is 1. The lowest BCUT2D eigenvalue weighted by Gasteiger charge is -2.34. The second-order valence-electron chi connectivity index (χ2n) is 7.17. The van der Waals surface area contributed by atoms with Crippen LogP contribution in [0.5, 0.6) is 0 Å². The van der Waals surface area contributed by atoms with Crippen molar-refractivity contribution in [1.29, 1.82) is 0 Å². The minimum Gasteiger partial charge on any atom is -0.339 e. The second kappa shape index (κ2) is 9.11. The normalized spacial score (nSPS) is 15.0. The van der Waals surface area contributed by atoms with Crippen LogP contribution in [0.3, 0.4) is 0 Å². The minimum absolute atomic E-state index is 0.165. The fourth-order valence-corrected chi connectivity index (χ4v) is 4.72. The molecule has 4 rings (SSSR count). The number of hydrogen-bond acceptors (Lipinski definition) is 5. The standard InChI is InChI=1S/C22H23ClN4OS/c1-16-24-20-8-3-2-7-19(20)22(25-16)29-15-21(28)27-11-9-26(10-12-27)14-17-5-4-6-18(23)13-17/h2-8,13H,9-12,14-15H2,1H3. The molecular weight excluding hydrogens is 404 g/mol. The molecule has 0 bridgehead atoms. The molecular formula is C22H23ClN4OS. The molecule has 0 radical (unpaired) electrons. The van der Waals surface area contributed by atoms with E-state index in [4.69, 9.17) is 11.6 Å². The lowest BCUT2D eigenvalue weighted by atomic mass is 10.2. The van der Waals surface area contributed by atoms with E-state index in [0.717, 1.165) is 59.5 Å². The number of fused-ring (bicyclic) bond motifs is 1. The number of aromatic nitrogens is 2. The monoisotopic (exact) mass is 426 g/mol. The average Bonchev–Trinajstić information content (AvgIpc) is 2.72. The molecule has 7 heteroatoms. The number of carbonyl (C=O) groups is 1. The summed E-state index contributed by atoms with van der Waals surface area (Å²) < 4.78 is 0. The van der Waals surface area contributed by atoms with Crippen molar-refractivity contribution in [3.8, 4) is 0 Å². The van der Waals surface area contributed by atoms with Crippen LogP contribution in [0.2, 0.25) is 5.02 Å². The maximum Gasteiger partial charge on any atom is 0.233 e. The van der Waals surface area contributed by atoms with Crippen molar-refractivity contribution in [2.45, 2.75) is 18.5 Å². The molecule has 29 heavy (non-hydrogen) atoms. The summed E-state index contributed by atoms with van der Waals surface area (Å²) in [5.41, 5.74) is 2.13. The Morgan fingerprint density at radius 2 is 1.86 bits per heavy atom. The van der Waals surface area contributed by atoms with Crippen LogP contribution in [0.25, 0.3) is 10.9 Å². The maximum absolute atomic E-state index is 12.7. The average molecular weight is 427 g/mol. The van der Waals surface area contributed by atoms with Crippen LogP contribution in [-0.4, -0.2) is 57.6 Å². The lowest BCUT2D eigenvalue weighted by Crippen LogP contribution is -2.48. The van der Waals surface area contributed by atoms with Crippen molar-refractivity contribution in [3.05, 3.63) is 64.9 Å². The summed E-state index contributed by atoms with van der Waals surface area (Å²) in [5.74, 6) is 1.29. The van der Waals surface area contributed by atoms with E-state index >= 15 is 0 Å². The zero-order valence-electron chi connectivity index (χ0n) is 16.3. The van der Waals surface area contributed by atoms with Gasteiger partial charge in [-0.15, -0.1) is 0 Å². The summed E-state index contributed by atoms with van der Waals surface area (Å²) >= 11 is 7.58. The molecule has 0 saturated carbocycles.